The summed E-state index contributed by atoms with van der Waals surface area (Å²) in [6, 6.07) is 20.5. The van der Waals surface area contributed by atoms with Gasteiger partial charge in [-0.25, -0.2) is 0 Å². The van der Waals surface area contributed by atoms with Gasteiger partial charge in [0.2, 0.25) is 0 Å². The lowest BCUT2D eigenvalue weighted by Crippen LogP contribution is -2.37. The molecule has 0 saturated carbocycles. The van der Waals surface area contributed by atoms with Crippen molar-refractivity contribution in [3.05, 3.63) is 76.5 Å². The number of nitrogens with one attached hydrogen (secondary N) is 1. The van der Waals surface area contributed by atoms with E-state index in [0.717, 1.165) is 40.1 Å². The van der Waals surface area contributed by atoms with E-state index < -0.39 is 0 Å². The topological polar surface area (TPSA) is 34.4 Å². The van der Waals surface area contributed by atoms with Gasteiger partial charge in [-0.1, -0.05) is 60.1 Å². The van der Waals surface area contributed by atoms with Gasteiger partial charge in [0, 0.05) is 21.3 Å². The minimum Gasteiger partial charge on any atom is -0.456 e. The highest BCUT2D eigenvalue weighted by Gasteiger charge is 2.40. The van der Waals surface area contributed by atoms with Gasteiger partial charge in [-0.3, -0.25) is 0 Å². The van der Waals surface area contributed by atoms with E-state index in [4.69, 9.17) is 9.15 Å². The summed E-state index contributed by atoms with van der Waals surface area (Å²) >= 11 is 3.47. The van der Waals surface area contributed by atoms with Crippen LogP contribution in [0.1, 0.15) is 44.2 Å². The summed E-state index contributed by atoms with van der Waals surface area (Å²) in [5.74, 6) is 1.64. The van der Waals surface area contributed by atoms with Gasteiger partial charge in [0.1, 0.15) is 5.76 Å². The maximum atomic E-state index is 6.54. The second-order valence-electron chi connectivity index (χ2n) is 6.60. The van der Waals surface area contributed by atoms with Crippen molar-refractivity contribution in [3.63, 3.8) is 0 Å². The minimum absolute atomic E-state index is 0.295. The Labute approximate surface area is 162 Å². The number of hydrogen-bond acceptors (Lipinski definition) is 3. The van der Waals surface area contributed by atoms with Crippen molar-refractivity contribution < 1.29 is 9.15 Å². The van der Waals surface area contributed by atoms with Crippen molar-refractivity contribution in [2.45, 2.75) is 38.5 Å². The lowest BCUT2D eigenvalue weighted by atomic mass is 9.85. The third-order valence-corrected chi connectivity index (χ3v) is 5.73. The van der Waals surface area contributed by atoms with E-state index in [0.29, 0.717) is 0 Å². The smallest absolute Gasteiger partial charge is 0.187 e. The van der Waals surface area contributed by atoms with Crippen molar-refractivity contribution in [2.75, 3.05) is 5.32 Å². The van der Waals surface area contributed by atoms with Crippen LogP contribution >= 0.6 is 15.9 Å². The Morgan fingerprint density at radius 3 is 2.42 bits per heavy atom. The molecule has 0 spiro atoms. The first-order chi connectivity index (χ1) is 12.6. The van der Waals surface area contributed by atoms with E-state index >= 15 is 0 Å². The molecule has 0 saturated heterocycles. The highest BCUT2D eigenvalue weighted by molar-refractivity contribution is 9.10. The molecule has 0 aliphatic carbocycles. The average Bonchev–Trinajstić information content (AvgIpc) is 3.18. The molecular weight excluding hydrogens is 390 g/mol. The van der Waals surface area contributed by atoms with E-state index in [2.05, 4.69) is 59.4 Å². The quantitative estimate of drug-likeness (QED) is 0.508. The monoisotopic (exact) mass is 411 g/mol. The molecule has 1 unspecified atom stereocenters. The van der Waals surface area contributed by atoms with Crippen LogP contribution in [-0.4, -0.2) is 0 Å². The number of para-hydroxylation sites is 1. The first-order valence-corrected chi connectivity index (χ1v) is 9.84. The highest BCUT2D eigenvalue weighted by atomic mass is 79.9. The second-order valence-corrected chi connectivity index (χ2v) is 7.51. The van der Waals surface area contributed by atoms with Gasteiger partial charge in [-0.05, 0) is 43.2 Å². The molecule has 4 heteroatoms. The fourth-order valence-electron chi connectivity index (χ4n) is 3.66. The number of fused-ring (bicyclic) bond motifs is 1. The van der Waals surface area contributed by atoms with Crippen LogP contribution in [0.15, 0.2) is 69.6 Å². The number of ether oxygens (including phenoxy) is 1. The molecule has 1 aliphatic heterocycles. The molecule has 0 bridgehead atoms. The molecule has 1 atom stereocenters. The highest BCUT2D eigenvalue weighted by Crippen LogP contribution is 2.46. The van der Waals surface area contributed by atoms with Crippen LogP contribution in [0.4, 0.5) is 5.69 Å². The van der Waals surface area contributed by atoms with Gasteiger partial charge in [0.15, 0.2) is 12.0 Å². The maximum Gasteiger partial charge on any atom is 0.187 e. The predicted octanol–water partition coefficient (Wildman–Crippen LogP) is 6.87. The molecule has 1 N–H and O–H groups in total. The Hall–Kier alpha value is -2.04. The van der Waals surface area contributed by atoms with Crippen molar-refractivity contribution in [1.29, 1.82) is 0 Å². The largest absolute Gasteiger partial charge is 0.456 e. The van der Waals surface area contributed by atoms with Gasteiger partial charge in [-0.15, -0.1) is 0 Å². The lowest BCUT2D eigenvalue weighted by Gasteiger charge is -2.42. The minimum atomic E-state index is -0.297. The van der Waals surface area contributed by atoms with Crippen LogP contribution in [0.5, 0.6) is 0 Å². The Morgan fingerprint density at radius 1 is 0.962 bits per heavy atom. The Balaban J connectivity index is 1.68. The van der Waals surface area contributed by atoms with Crippen molar-refractivity contribution in [3.8, 4) is 11.3 Å². The molecular formula is C22H22BrNO2. The molecule has 0 radical (unpaired) electrons. The van der Waals surface area contributed by atoms with Crippen LogP contribution in [0.2, 0.25) is 0 Å². The molecule has 2 aromatic carbocycles. The fraction of sp³-hybridized carbons (Fsp3) is 0.273. The zero-order valence-corrected chi connectivity index (χ0v) is 16.5. The first-order valence-electron chi connectivity index (χ1n) is 9.05. The second kappa shape index (κ2) is 6.93. The fourth-order valence-corrected chi connectivity index (χ4v) is 3.92. The van der Waals surface area contributed by atoms with Gasteiger partial charge in [-0.2, -0.15) is 0 Å². The van der Waals surface area contributed by atoms with E-state index in [-0.39, 0.29) is 11.8 Å². The van der Waals surface area contributed by atoms with Crippen LogP contribution in [0, 0.1) is 0 Å². The number of rotatable bonds is 4. The normalized spacial score (nSPS) is 18.2. The predicted molar refractivity (Wildman–Crippen MR) is 108 cm³/mol. The summed E-state index contributed by atoms with van der Waals surface area (Å²) in [5, 5.41) is 3.49. The van der Waals surface area contributed by atoms with Gasteiger partial charge in [0.05, 0.1) is 5.60 Å². The standard InChI is InChI=1S/C22H22BrNO2/c1-3-22(4-2)17-7-5-6-8-18(17)24-21(26-22)20-14-13-19(25-20)15-9-11-16(23)12-10-15/h5-14,21,24H,3-4H2,1-2H3. The van der Waals surface area contributed by atoms with Gasteiger partial charge in [0.25, 0.3) is 0 Å². The summed E-state index contributed by atoms with van der Waals surface area (Å²) in [4.78, 5) is 0. The number of furan rings is 1. The lowest BCUT2D eigenvalue weighted by molar-refractivity contribution is -0.110. The van der Waals surface area contributed by atoms with E-state index in [1.165, 1.54) is 5.56 Å². The summed E-state index contributed by atoms with van der Waals surface area (Å²) in [6.07, 6.45) is 1.53. The van der Waals surface area contributed by atoms with Crippen LogP contribution in [0.25, 0.3) is 11.3 Å². The van der Waals surface area contributed by atoms with Crippen molar-refractivity contribution in [2.24, 2.45) is 0 Å². The molecule has 134 valence electrons. The molecule has 4 rings (SSSR count). The van der Waals surface area contributed by atoms with Crippen LogP contribution in [-0.2, 0) is 10.3 Å². The Bertz CT molecular complexity index is 897. The zero-order chi connectivity index (χ0) is 18.1. The Kier molecular flexibility index (Phi) is 4.63. The molecule has 0 fully saturated rings. The van der Waals surface area contributed by atoms with Crippen molar-refractivity contribution in [1.82, 2.24) is 0 Å². The number of anilines is 1. The third kappa shape index (κ3) is 2.97. The summed E-state index contributed by atoms with van der Waals surface area (Å²) < 4.78 is 13.7. The Morgan fingerprint density at radius 2 is 1.69 bits per heavy atom. The average molecular weight is 412 g/mol. The zero-order valence-electron chi connectivity index (χ0n) is 15.0. The summed E-state index contributed by atoms with van der Waals surface area (Å²) in [6.45, 7) is 4.36. The number of benzene rings is 2. The molecule has 1 aliphatic rings. The maximum absolute atomic E-state index is 6.54. The first kappa shape index (κ1) is 17.4. The van der Waals surface area contributed by atoms with E-state index in [1.807, 2.05) is 36.4 Å². The summed E-state index contributed by atoms with van der Waals surface area (Å²) in [7, 11) is 0. The van der Waals surface area contributed by atoms with E-state index in [1.54, 1.807) is 0 Å². The molecule has 26 heavy (non-hydrogen) atoms. The number of halogens is 1. The molecule has 3 nitrogen and oxygen atoms in total. The van der Waals surface area contributed by atoms with Crippen LogP contribution < -0.4 is 5.32 Å². The molecule has 1 aromatic heterocycles. The van der Waals surface area contributed by atoms with Crippen LogP contribution in [0.3, 0.4) is 0 Å². The molecule has 3 aromatic rings. The summed E-state index contributed by atoms with van der Waals surface area (Å²) in [5.41, 5.74) is 3.10. The number of hydrogen-bond donors (Lipinski definition) is 1. The van der Waals surface area contributed by atoms with Gasteiger partial charge < -0.3 is 14.5 Å². The third-order valence-electron chi connectivity index (χ3n) is 5.20. The molecule has 2 heterocycles. The molecule has 0 amide bonds. The van der Waals surface area contributed by atoms with E-state index in [9.17, 15) is 0 Å². The van der Waals surface area contributed by atoms with Crippen molar-refractivity contribution >= 4 is 21.6 Å². The van der Waals surface area contributed by atoms with Gasteiger partial charge >= 0.3 is 0 Å². The SMILES string of the molecule is CCC1(CC)OC(c2ccc(-c3ccc(Br)cc3)o2)Nc2ccccc21.